The third-order valence-corrected chi connectivity index (χ3v) is 3.79. The Balaban J connectivity index is 1.72. The number of phenols is 2. The number of ether oxygens (including phenoxy) is 2. The highest BCUT2D eigenvalue weighted by atomic mass is 16.7. The van der Waals surface area contributed by atoms with E-state index in [1.54, 1.807) is 6.07 Å². The molecule has 0 radical (unpaired) electrons. The fourth-order valence-corrected chi connectivity index (χ4v) is 2.31. The monoisotopic (exact) mass is 359 g/mol. The standard InChI is InChI=1S/C15H21NO9/c17-8-2-1-7(5-9(8)18)3-4-16-15(23)24-6-10-11(19)12(20)13(21)14(22)25-10/h1-2,5,10-14,17-22H,3-4,6H2,(H,16,23)/t10-,11-,12+,13-,14?/m1/s1. The number of amides is 1. The minimum Gasteiger partial charge on any atom is -0.504 e. The van der Waals surface area contributed by atoms with Gasteiger partial charge in [-0.25, -0.2) is 4.79 Å². The fraction of sp³-hybridized carbons (Fsp3) is 0.533. The number of hydrogen-bond acceptors (Lipinski definition) is 9. The molecule has 1 saturated heterocycles. The van der Waals surface area contributed by atoms with E-state index in [0.717, 1.165) is 0 Å². The van der Waals surface area contributed by atoms with Crippen LogP contribution in [0.1, 0.15) is 5.56 Å². The lowest BCUT2D eigenvalue weighted by Crippen LogP contribution is -2.58. The maximum Gasteiger partial charge on any atom is 0.407 e. The van der Waals surface area contributed by atoms with Crippen molar-refractivity contribution >= 4 is 6.09 Å². The molecule has 1 amide bonds. The summed E-state index contributed by atoms with van der Waals surface area (Å²) in [5.41, 5.74) is 0.682. The zero-order chi connectivity index (χ0) is 18.6. The summed E-state index contributed by atoms with van der Waals surface area (Å²) in [5, 5.41) is 58.9. The molecule has 1 fully saturated rings. The molecule has 0 aliphatic carbocycles. The Morgan fingerprint density at radius 2 is 1.80 bits per heavy atom. The maximum atomic E-state index is 11.6. The molecule has 0 spiro atoms. The topological polar surface area (TPSA) is 169 Å². The van der Waals surface area contributed by atoms with Crippen molar-refractivity contribution in [2.24, 2.45) is 0 Å². The second kappa shape index (κ2) is 8.32. The first-order valence-electron chi connectivity index (χ1n) is 7.59. The molecule has 10 nitrogen and oxygen atoms in total. The molecule has 2 rings (SSSR count). The zero-order valence-electron chi connectivity index (χ0n) is 13.1. The van der Waals surface area contributed by atoms with Gasteiger partial charge in [-0.1, -0.05) is 6.07 Å². The predicted molar refractivity (Wildman–Crippen MR) is 81.7 cm³/mol. The highest BCUT2D eigenvalue weighted by Crippen LogP contribution is 2.24. The Morgan fingerprint density at radius 3 is 2.48 bits per heavy atom. The van der Waals surface area contributed by atoms with Gasteiger partial charge in [-0.3, -0.25) is 0 Å². The molecular formula is C15H21NO9. The lowest BCUT2D eigenvalue weighted by atomic mass is 9.99. The van der Waals surface area contributed by atoms with Crippen molar-refractivity contribution in [3.63, 3.8) is 0 Å². The number of aliphatic hydroxyl groups is 4. The number of aliphatic hydroxyl groups excluding tert-OH is 4. The van der Waals surface area contributed by atoms with E-state index < -0.39 is 43.4 Å². The van der Waals surface area contributed by atoms with Gasteiger partial charge in [-0.05, 0) is 24.1 Å². The van der Waals surface area contributed by atoms with Crippen LogP contribution >= 0.6 is 0 Å². The van der Waals surface area contributed by atoms with E-state index in [1.807, 2.05) is 0 Å². The molecule has 1 aromatic carbocycles. The maximum absolute atomic E-state index is 11.6. The summed E-state index contributed by atoms with van der Waals surface area (Å²) < 4.78 is 9.71. The zero-order valence-corrected chi connectivity index (χ0v) is 13.1. The summed E-state index contributed by atoms with van der Waals surface area (Å²) in [7, 11) is 0. The van der Waals surface area contributed by atoms with Crippen LogP contribution in [-0.2, 0) is 15.9 Å². The third kappa shape index (κ3) is 4.94. The van der Waals surface area contributed by atoms with Crippen LogP contribution in [-0.4, -0.2) is 80.6 Å². The van der Waals surface area contributed by atoms with Crippen molar-refractivity contribution < 1.29 is 44.9 Å². The molecule has 0 bridgehead atoms. The number of carbonyl (C=O) groups excluding carboxylic acids is 1. The smallest absolute Gasteiger partial charge is 0.407 e. The third-order valence-electron chi connectivity index (χ3n) is 3.79. The molecule has 25 heavy (non-hydrogen) atoms. The summed E-state index contributed by atoms with van der Waals surface area (Å²) in [6.07, 6.45) is -8.12. The Labute approximate surface area is 142 Å². The molecular weight excluding hydrogens is 338 g/mol. The Hall–Kier alpha value is -2.11. The Morgan fingerprint density at radius 1 is 1.08 bits per heavy atom. The number of phenolic OH excluding ortho intramolecular Hbond substituents is 2. The van der Waals surface area contributed by atoms with Crippen LogP contribution in [0.2, 0.25) is 0 Å². The van der Waals surface area contributed by atoms with Crippen molar-refractivity contribution in [1.29, 1.82) is 0 Å². The molecule has 1 aliphatic heterocycles. The molecule has 7 N–H and O–H groups in total. The van der Waals surface area contributed by atoms with E-state index in [0.29, 0.717) is 12.0 Å². The van der Waals surface area contributed by atoms with Gasteiger partial charge in [0.15, 0.2) is 17.8 Å². The number of carbonyl (C=O) groups is 1. The highest BCUT2D eigenvalue weighted by Gasteiger charge is 2.43. The molecule has 1 aromatic rings. The molecule has 5 atom stereocenters. The first-order chi connectivity index (χ1) is 11.8. The van der Waals surface area contributed by atoms with E-state index in [1.165, 1.54) is 12.1 Å². The number of hydrogen-bond donors (Lipinski definition) is 7. The summed E-state index contributed by atoms with van der Waals surface area (Å²) in [6.45, 7) is -0.255. The van der Waals surface area contributed by atoms with Crippen molar-refractivity contribution in [1.82, 2.24) is 5.32 Å². The van der Waals surface area contributed by atoms with Gasteiger partial charge < -0.3 is 45.4 Å². The van der Waals surface area contributed by atoms with Gasteiger partial charge in [0, 0.05) is 6.54 Å². The first kappa shape index (κ1) is 19.2. The lowest BCUT2D eigenvalue weighted by Gasteiger charge is -2.37. The van der Waals surface area contributed by atoms with Crippen LogP contribution in [0.25, 0.3) is 0 Å². The number of rotatable bonds is 5. The van der Waals surface area contributed by atoms with E-state index in [-0.39, 0.29) is 18.0 Å². The van der Waals surface area contributed by atoms with Crippen molar-refractivity contribution in [3.8, 4) is 11.5 Å². The largest absolute Gasteiger partial charge is 0.504 e. The van der Waals surface area contributed by atoms with Gasteiger partial charge in [-0.2, -0.15) is 0 Å². The Kier molecular flexibility index (Phi) is 6.39. The first-order valence-corrected chi connectivity index (χ1v) is 7.59. The Bertz CT molecular complexity index is 596. The molecule has 140 valence electrons. The highest BCUT2D eigenvalue weighted by molar-refractivity contribution is 5.67. The SMILES string of the molecule is O=C(NCCc1ccc(O)c(O)c1)OC[C@H]1OC(O)[C@H](O)[C@@H](O)[C@@H]1O. The molecule has 1 heterocycles. The van der Waals surface area contributed by atoms with Gasteiger partial charge in [0.25, 0.3) is 0 Å². The second-order valence-electron chi connectivity index (χ2n) is 5.64. The minimum absolute atomic E-state index is 0.182. The number of aromatic hydroxyl groups is 2. The average Bonchev–Trinajstić information content (AvgIpc) is 2.58. The van der Waals surface area contributed by atoms with E-state index in [9.17, 15) is 35.4 Å². The quantitative estimate of drug-likeness (QED) is 0.299. The van der Waals surface area contributed by atoms with Crippen molar-refractivity contribution in [2.45, 2.75) is 37.1 Å². The van der Waals surface area contributed by atoms with Crippen LogP contribution in [0.3, 0.4) is 0 Å². The van der Waals surface area contributed by atoms with Gasteiger partial charge >= 0.3 is 6.09 Å². The van der Waals surface area contributed by atoms with Crippen LogP contribution < -0.4 is 5.32 Å². The van der Waals surface area contributed by atoms with Gasteiger partial charge in [0.1, 0.15) is 31.0 Å². The second-order valence-corrected chi connectivity index (χ2v) is 5.64. The summed E-state index contributed by atoms with van der Waals surface area (Å²) >= 11 is 0. The lowest BCUT2D eigenvalue weighted by molar-refractivity contribution is -0.286. The molecule has 1 aliphatic rings. The molecule has 10 heteroatoms. The molecule has 0 aromatic heterocycles. The molecule has 0 saturated carbocycles. The van der Waals surface area contributed by atoms with Gasteiger partial charge in [0.2, 0.25) is 0 Å². The van der Waals surface area contributed by atoms with Gasteiger partial charge in [0.05, 0.1) is 0 Å². The number of alkyl carbamates (subject to hydrolysis) is 1. The normalized spacial score (nSPS) is 29.2. The fourth-order valence-electron chi connectivity index (χ4n) is 2.31. The van der Waals surface area contributed by atoms with Crippen LogP contribution in [0.5, 0.6) is 11.5 Å². The van der Waals surface area contributed by atoms with Gasteiger partial charge in [-0.15, -0.1) is 0 Å². The van der Waals surface area contributed by atoms with E-state index in [4.69, 9.17) is 9.47 Å². The van der Waals surface area contributed by atoms with Crippen LogP contribution in [0, 0.1) is 0 Å². The summed E-state index contributed by atoms with van der Waals surface area (Å²) in [5.74, 6) is -0.500. The minimum atomic E-state index is -1.70. The van der Waals surface area contributed by atoms with Crippen molar-refractivity contribution in [2.75, 3.05) is 13.2 Å². The summed E-state index contributed by atoms with van der Waals surface area (Å²) in [4.78, 5) is 11.6. The number of nitrogens with one attached hydrogen (secondary N) is 1. The van der Waals surface area contributed by atoms with Crippen LogP contribution in [0.15, 0.2) is 18.2 Å². The van der Waals surface area contributed by atoms with Crippen LogP contribution in [0.4, 0.5) is 4.79 Å². The number of benzene rings is 1. The predicted octanol–water partition coefficient (Wildman–Crippen LogP) is -1.83. The van der Waals surface area contributed by atoms with Crippen molar-refractivity contribution in [3.05, 3.63) is 23.8 Å². The summed E-state index contributed by atoms with van der Waals surface area (Å²) in [6, 6.07) is 4.28. The van der Waals surface area contributed by atoms with E-state index >= 15 is 0 Å². The molecule has 1 unspecified atom stereocenters. The average molecular weight is 359 g/mol. The van der Waals surface area contributed by atoms with E-state index in [2.05, 4.69) is 5.32 Å².